The van der Waals surface area contributed by atoms with Crippen LogP contribution in [0.3, 0.4) is 0 Å². The Labute approximate surface area is 156 Å². The zero-order valence-corrected chi connectivity index (χ0v) is 14.9. The largest absolute Gasteiger partial charge is 0.384 e. The number of aromatic nitrogens is 5. The molecule has 0 aromatic carbocycles. The minimum Gasteiger partial charge on any atom is -0.384 e. The van der Waals surface area contributed by atoms with E-state index in [1.165, 1.54) is 0 Å². The lowest BCUT2D eigenvalue weighted by Gasteiger charge is -2.26. The fraction of sp³-hybridized carbons (Fsp3) is 0.316. The second kappa shape index (κ2) is 6.64. The number of aromatic amines is 1. The maximum atomic E-state index is 5.85. The highest BCUT2D eigenvalue weighted by Crippen LogP contribution is 2.28. The highest BCUT2D eigenvalue weighted by molar-refractivity contribution is 6.07. The van der Waals surface area contributed by atoms with Gasteiger partial charge in [-0.2, -0.15) is 5.10 Å². The molecule has 0 amide bonds. The van der Waals surface area contributed by atoms with Crippen LogP contribution in [-0.2, 0) is 11.3 Å². The van der Waals surface area contributed by atoms with E-state index in [1.807, 2.05) is 23.1 Å². The first-order valence-electron chi connectivity index (χ1n) is 9.12. The Balaban J connectivity index is 1.41. The Morgan fingerprint density at radius 2 is 1.89 bits per heavy atom. The summed E-state index contributed by atoms with van der Waals surface area (Å²) in [5.74, 6) is 0.504. The Hall–Kier alpha value is -2.97. The smallest absolute Gasteiger partial charge is 0.138 e. The first-order valence-corrected chi connectivity index (χ1v) is 9.12. The Morgan fingerprint density at radius 3 is 2.78 bits per heavy atom. The molecule has 0 radical (unpaired) electrons. The zero-order valence-electron chi connectivity index (χ0n) is 14.9. The van der Waals surface area contributed by atoms with Crippen LogP contribution in [0, 0.1) is 0 Å². The number of H-pyrrole nitrogens is 1. The van der Waals surface area contributed by atoms with E-state index in [1.54, 1.807) is 6.20 Å². The van der Waals surface area contributed by atoms with E-state index in [0.29, 0.717) is 5.82 Å². The van der Waals surface area contributed by atoms with Crippen LogP contribution in [0.2, 0.25) is 0 Å². The van der Waals surface area contributed by atoms with Crippen molar-refractivity contribution < 1.29 is 4.74 Å². The van der Waals surface area contributed by atoms with Crippen LogP contribution in [0.25, 0.3) is 33.1 Å². The normalized spacial score (nSPS) is 15.7. The summed E-state index contributed by atoms with van der Waals surface area (Å²) in [6.45, 7) is 5.48. The monoisotopic (exact) mass is 363 g/mol. The molecule has 1 saturated heterocycles. The molecule has 0 spiro atoms. The Morgan fingerprint density at radius 1 is 1.00 bits per heavy atom. The standard InChI is InChI=1S/C19H21N7O/c20-18-8-15-16-7-13(9-22-19(16)24-17(15)11-21-18)14-10-23-26(12-14)2-1-25-3-5-27-6-4-25/h7-12H,1-6H2,(H2,20,21)(H,22,24). The molecular weight excluding hydrogens is 342 g/mol. The summed E-state index contributed by atoms with van der Waals surface area (Å²) in [6, 6.07) is 4.01. The molecule has 0 unspecified atom stereocenters. The predicted molar refractivity (Wildman–Crippen MR) is 104 cm³/mol. The molecule has 4 aromatic rings. The highest BCUT2D eigenvalue weighted by atomic mass is 16.5. The third kappa shape index (κ3) is 3.13. The molecule has 5 heterocycles. The van der Waals surface area contributed by atoms with E-state index in [2.05, 4.69) is 37.2 Å². The van der Waals surface area contributed by atoms with Crippen LogP contribution in [0.1, 0.15) is 0 Å². The molecular formula is C19H21N7O. The number of hydrogen-bond donors (Lipinski definition) is 2. The van der Waals surface area contributed by atoms with Crippen LogP contribution < -0.4 is 5.73 Å². The van der Waals surface area contributed by atoms with Crippen molar-refractivity contribution in [2.75, 3.05) is 38.6 Å². The molecule has 27 heavy (non-hydrogen) atoms. The number of pyridine rings is 2. The van der Waals surface area contributed by atoms with Gasteiger partial charge in [0.25, 0.3) is 0 Å². The Bertz CT molecular complexity index is 1090. The number of rotatable bonds is 4. The van der Waals surface area contributed by atoms with Crippen molar-refractivity contribution in [2.24, 2.45) is 0 Å². The van der Waals surface area contributed by atoms with Crippen LogP contribution in [-0.4, -0.2) is 62.5 Å². The van der Waals surface area contributed by atoms with Gasteiger partial charge in [-0.1, -0.05) is 0 Å². The maximum absolute atomic E-state index is 5.85. The number of anilines is 1. The molecule has 0 saturated carbocycles. The van der Waals surface area contributed by atoms with E-state index < -0.39 is 0 Å². The van der Waals surface area contributed by atoms with Crippen LogP contribution in [0.5, 0.6) is 0 Å². The van der Waals surface area contributed by atoms with Gasteiger partial charge in [0.15, 0.2) is 0 Å². The van der Waals surface area contributed by atoms with E-state index in [4.69, 9.17) is 10.5 Å². The molecule has 0 bridgehead atoms. The van der Waals surface area contributed by atoms with E-state index in [-0.39, 0.29) is 0 Å². The lowest BCUT2D eigenvalue weighted by atomic mass is 10.1. The molecule has 8 heteroatoms. The number of nitrogens with one attached hydrogen (secondary N) is 1. The Kier molecular flexibility index (Phi) is 3.99. The second-order valence-corrected chi connectivity index (χ2v) is 6.85. The lowest BCUT2D eigenvalue weighted by molar-refractivity contribution is 0.0360. The molecule has 138 valence electrons. The third-order valence-corrected chi connectivity index (χ3v) is 5.07. The number of fused-ring (bicyclic) bond motifs is 3. The van der Waals surface area contributed by atoms with E-state index in [9.17, 15) is 0 Å². The molecule has 4 aromatic heterocycles. The lowest BCUT2D eigenvalue weighted by Crippen LogP contribution is -2.38. The number of nitrogens with two attached hydrogens (primary N) is 1. The SMILES string of the molecule is Nc1cc2c(cn1)[nH]c1ncc(-c3cnn(CCN4CCOCC4)c3)cc12. The van der Waals surface area contributed by atoms with Crippen LogP contribution >= 0.6 is 0 Å². The van der Waals surface area contributed by atoms with Crippen molar-refractivity contribution in [1.82, 2.24) is 29.6 Å². The minimum absolute atomic E-state index is 0.504. The van der Waals surface area contributed by atoms with Crippen LogP contribution in [0.15, 0.2) is 36.9 Å². The van der Waals surface area contributed by atoms with Crippen molar-refractivity contribution in [3.05, 3.63) is 36.9 Å². The van der Waals surface area contributed by atoms with E-state index >= 15 is 0 Å². The zero-order chi connectivity index (χ0) is 18.2. The number of nitrogens with zero attached hydrogens (tertiary/aromatic N) is 5. The molecule has 8 nitrogen and oxygen atoms in total. The molecule has 5 rings (SSSR count). The second-order valence-electron chi connectivity index (χ2n) is 6.85. The first kappa shape index (κ1) is 16.2. The highest BCUT2D eigenvalue weighted by Gasteiger charge is 2.12. The summed E-state index contributed by atoms with van der Waals surface area (Å²) in [7, 11) is 0. The number of hydrogen-bond acceptors (Lipinski definition) is 6. The quantitative estimate of drug-likeness (QED) is 0.575. The summed E-state index contributed by atoms with van der Waals surface area (Å²) in [6.07, 6.45) is 7.59. The van der Waals surface area contributed by atoms with Gasteiger partial charge in [0.2, 0.25) is 0 Å². The van der Waals surface area contributed by atoms with E-state index in [0.717, 1.165) is 72.5 Å². The molecule has 0 aliphatic carbocycles. The first-order chi connectivity index (χ1) is 13.3. The summed E-state index contributed by atoms with van der Waals surface area (Å²) in [4.78, 5) is 14.4. The minimum atomic E-state index is 0.504. The maximum Gasteiger partial charge on any atom is 0.138 e. The van der Waals surface area contributed by atoms with Gasteiger partial charge >= 0.3 is 0 Å². The molecule has 3 N–H and O–H groups in total. The summed E-state index contributed by atoms with van der Waals surface area (Å²) >= 11 is 0. The van der Waals surface area contributed by atoms with Crippen molar-refractivity contribution in [3.63, 3.8) is 0 Å². The summed E-state index contributed by atoms with van der Waals surface area (Å²) in [5.41, 5.74) is 9.72. The number of ether oxygens (including phenoxy) is 1. The average molecular weight is 363 g/mol. The van der Waals surface area contributed by atoms with Crippen molar-refractivity contribution in [1.29, 1.82) is 0 Å². The van der Waals surface area contributed by atoms with Gasteiger partial charge in [0.05, 0.1) is 37.7 Å². The van der Waals surface area contributed by atoms with Crippen LogP contribution in [0.4, 0.5) is 5.82 Å². The number of nitrogen functional groups attached to an aromatic ring is 1. The topological polar surface area (TPSA) is 97.9 Å². The van der Waals surface area contributed by atoms with Gasteiger partial charge in [-0.05, 0) is 12.1 Å². The molecule has 1 aliphatic heterocycles. The predicted octanol–water partition coefficient (Wildman–Crippen LogP) is 1.89. The van der Waals surface area contributed by atoms with Crippen molar-refractivity contribution >= 4 is 27.8 Å². The summed E-state index contributed by atoms with van der Waals surface area (Å²) in [5, 5.41) is 6.59. The van der Waals surface area contributed by atoms with Crippen molar-refractivity contribution in [2.45, 2.75) is 6.54 Å². The summed E-state index contributed by atoms with van der Waals surface area (Å²) < 4.78 is 7.39. The molecule has 1 fully saturated rings. The number of morpholine rings is 1. The average Bonchev–Trinajstić information content (AvgIpc) is 3.31. The fourth-order valence-electron chi connectivity index (χ4n) is 3.55. The van der Waals surface area contributed by atoms with Gasteiger partial charge in [-0.15, -0.1) is 0 Å². The van der Waals surface area contributed by atoms with Crippen molar-refractivity contribution in [3.8, 4) is 11.1 Å². The molecule has 1 aliphatic rings. The molecule has 0 atom stereocenters. The third-order valence-electron chi connectivity index (χ3n) is 5.07. The van der Waals surface area contributed by atoms with Gasteiger partial charge in [0.1, 0.15) is 11.5 Å². The van der Waals surface area contributed by atoms with Gasteiger partial charge < -0.3 is 15.5 Å². The van der Waals surface area contributed by atoms with Gasteiger partial charge in [-0.25, -0.2) is 9.97 Å². The van der Waals surface area contributed by atoms with Gasteiger partial charge in [0, 0.05) is 53.9 Å². The van der Waals surface area contributed by atoms with Gasteiger partial charge in [-0.3, -0.25) is 9.58 Å². The fourth-order valence-corrected chi connectivity index (χ4v) is 3.55.